The van der Waals surface area contributed by atoms with Crippen LogP contribution in [0.4, 0.5) is 0 Å². The summed E-state index contributed by atoms with van der Waals surface area (Å²) in [4.78, 5) is 28.3. The van der Waals surface area contributed by atoms with Crippen LogP contribution >= 0.6 is 0 Å². The highest BCUT2D eigenvalue weighted by molar-refractivity contribution is 6.08. The van der Waals surface area contributed by atoms with E-state index in [4.69, 9.17) is 9.84 Å². The van der Waals surface area contributed by atoms with Gasteiger partial charge in [0.15, 0.2) is 0 Å². The molecule has 0 fully saturated rings. The quantitative estimate of drug-likeness (QED) is 0.738. The predicted octanol–water partition coefficient (Wildman–Crippen LogP) is 3.11. The van der Waals surface area contributed by atoms with E-state index in [1.54, 1.807) is 19.2 Å². The topological polar surface area (TPSA) is 88.5 Å². The Kier molecular flexibility index (Phi) is 4.84. The molecule has 6 heteroatoms. The number of carboxylic acids is 1. The summed E-state index contributed by atoms with van der Waals surface area (Å²) in [5.74, 6) is -0.817. The Morgan fingerprint density at radius 1 is 1.12 bits per heavy atom. The van der Waals surface area contributed by atoms with Crippen molar-refractivity contribution in [3.8, 4) is 17.0 Å². The summed E-state index contributed by atoms with van der Waals surface area (Å²) in [7, 11) is 1.59. The number of hydrogen-bond acceptors (Lipinski definition) is 4. The molecule has 0 saturated carbocycles. The summed E-state index contributed by atoms with van der Waals surface area (Å²) in [5.41, 5.74) is 2.50. The molecule has 0 bridgehead atoms. The van der Waals surface area contributed by atoms with Gasteiger partial charge in [0.05, 0.1) is 23.9 Å². The van der Waals surface area contributed by atoms with Crippen LogP contribution in [0, 0.1) is 0 Å². The van der Waals surface area contributed by atoms with E-state index < -0.39 is 17.9 Å². The van der Waals surface area contributed by atoms with E-state index >= 15 is 0 Å². The van der Waals surface area contributed by atoms with E-state index in [9.17, 15) is 9.59 Å². The standard InChI is InChI=1S/C20H18N2O4/c1-12(20(24)25)21-19(23)16-11-18(13-7-9-14(26-2)10-8-13)22-17-6-4-3-5-15(16)17/h3-12H,1-2H3,(H,21,23)(H,24,25)/t12-/m0/s1. The molecule has 0 aliphatic carbocycles. The summed E-state index contributed by atoms with van der Waals surface area (Å²) in [5, 5.41) is 12.2. The van der Waals surface area contributed by atoms with Gasteiger partial charge in [0.2, 0.25) is 0 Å². The number of amides is 1. The fourth-order valence-electron chi connectivity index (χ4n) is 2.61. The third-order valence-corrected chi connectivity index (χ3v) is 4.06. The number of nitrogens with zero attached hydrogens (tertiary/aromatic N) is 1. The molecule has 0 aliphatic rings. The van der Waals surface area contributed by atoms with Crippen molar-refractivity contribution in [1.29, 1.82) is 0 Å². The van der Waals surface area contributed by atoms with Crippen molar-refractivity contribution >= 4 is 22.8 Å². The van der Waals surface area contributed by atoms with Gasteiger partial charge in [-0.2, -0.15) is 0 Å². The molecule has 1 atom stereocenters. The van der Waals surface area contributed by atoms with E-state index in [-0.39, 0.29) is 0 Å². The van der Waals surface area contributed by atoms with Gasteiger partial charge in [0.1, 0.15) is 11.8 Å². The summed E-state index contributed by atoms with van der Waals surface area (Å²) < 4.78 is 5.16. The van der Waals surface area contributed by atoms with Crippen molar-refractivity contribution in [3.05, 3.63) is 60.2 Å². The average molecular weight is 350 g/mol. The van der Waals surface area contributed by atoms with Crippen molar-refractivity contribution in [2.45, 2.75) is 13.0 Å². The number of aliphatic carboxylic acids is 1. The van der Waals surface area contributed by atoms with Gasteiger partial charge in [-0.1, -0.05) is 18.2 Å². The predicted molar refractivity (Wildman–Crippen MR) is 98.3 cm³/mol. The van der Waals surface area contributed by atoms with Gasteiger partial charge < -0.3 is 15.2 Å². The number of pyridine rings is 1. The third kappa shape index (κ3) is 3.49. The van der Waals surface area contributed by atoms with Gasteiger partial charge in [-0.15, -0.1) is 0 Å². The Labute approximate surface area is 150 Å². The maximum Gasteiger partial charge on any atom is 0.325 e. The van der Waals surface area contributed by atoms with Crippen LogP contribution in [0.1, 0.15) is 17.3 Å². The van der Waals surface area contributed by atoms with E-state index in [1.807, 2.05) is 42.5 Å². The first kappa shape index (κ1) is 17.4. The number of benzene rings is 2. The number of carbonyl (C=O) groups excluding carboxylic acids is 1. The van der Waals surface area contributed by atoms with Crippen LogP contribution in [0.2, 0.25) is 0 Å². The zero-order valence-electron chi connectivity index (χ0n) is 14.4. The highest BCUT2D eigenvalue weighted by Crippen LogP contribution is 2.26. The van der Waals surface area contributed by atoms with Gasteiger partial charge in [0.25, 0.3) is 5.91 Å². The number of methoxy groups -OCH3 is 1. The van der Waals surface area contributed by atoms with Gasteiger partial charge in [-0.05, 0) is 43.3 Å². The van der Waals surface area contributed by atoms with Crippen LogP contribution < -0.4 is 10.1 Å². The van der Waals surface area contributed by atoms with Gasteiger partial charge >= 0.3 is 5.97 Å². The lowest BCUT2D eigenvalue weighted by atomic mass is 10.0. The molecule has 0 aliphatic heterocycles. The number of carboxylic acid groups (broad SMARTS) is 1. The summed E-state index contributed by atoms with van der Waals surface area (Å²) in [6.07, 6.45) is 0. The number of fused-ring (bicyclic) bond motifs is 1. The summed E-state index contributed by atoms with van der Waals surface area (Å²) >= 11 is 0. The van der Waals surface area contributed by atoms with E-state index in [2.05, 4.69) is 10.3 Å². The van der Waals surface area contributed by atoms with E-state index in [0.717, 1.165) is 11.3 Å². The highest BCUT2D eigenvalue weighted by atomic mass is 16.5. The molecule has 2 N–H and O–H groups in total. The molecule has 132 valence electrons. The third-order valence-electron chi connectivity index (χ3n) is 4.06. The van der Waals surface area contributed by atoms with Crippen molar-refractivity contribution in [1.82, 2.24) is 10.3 Å². The minimum Gasteiger partial charge on any atom is -0.497 e. The van der Waals surface area contributed by atoms with Crippen LogP contribution in [0.25, 0.3) is 22.2 Å². The highest BCUT2D eigenvalue weighted by Gasteiger charge is 2.18. The second kappa shape index (κ2) is 7.23. The minimum atomic E-state index is -1.09. The number of rotatable bonds is 5. The first-order valence-corrected chi connectivity index (χ1v) is 8.07. The SMILES string of the molecule is COc1ccc(-c2cc(C(=O)N[C@@H](C)C(=O)O)c3ccccc3n2)cc1. The lowest BCUT2D eigenvalue weighted by molar-refractivity contribution is -0.138. The largest absolute Gasteiger partial charge is 0.497 e. The number of hydrogen-bond donors (Lipinski definition) is 2. The number of carbonyl (C=O) groups is 2. The Hall–Kier alpha value is -3.41. The van der Waals surface area contributed by atoms with Gasteiger partial charge in [0, 0.05) is 10.9 Å². The Morgan fingerprint density at radius 3 is 2.46 bits per heavy atom. The first-order valence-electron chi connectivity index (χ1n) is 8.07. The van der Waals surface area contributed by atoms with Crippen LogP contribution in [-0.2, 0) is 4.79 Å². The Morgan fingerprint density at radius 2 is 1.81 bits per heavy atom. The fraction of sp³-hybridized carbons (Fsp3) is 0.150. The molecule has 1 aromatic heterocycles. The van der Waals surface area contributed by atoms with Crippen molar-refractivity contribution in [2.75, 3.05) is 7.11 Å². The van der Waals surface area contributed by atoms with Crippen molar-refractivity contribution in [2.24, 2.45) is 0 Å². The number of aromatic nitrogens is 1. The van der Waals surface area contributed by atoms with Crippen LogP contribution in [0.3, 0.4) is 0 Å². The zero-order chi connectivity index (χ0) is 18.7. The summed E-state index contributed by atoms with van der Waals surface area (Å²) in [6, 6.07) is 15.3. The molecule has 1 amide bonds. The van der Waals surface area contributed by atoms with E-state index in [0.29, 0.717) is 22.2 Å². The maximum absolute atomic E-state index is 12.6. The van der Waals surface area contributed by atoms with Crippen LogP contribution in [-0.4, -0.2) is 35.1 Å². The smallest absolute Gasteiger partial charge is 0.325 e. The second-order valence-corrected chi connectivity index (χ2v) is 5.83. The lowest BCUT2D eigenvalue weighted by Gasteiger charge is -2.13. The average Bonchev–Trinajstić information content (AvgIpc) is 2.67. The number of ether oxygens (including phenoxy) is 1. The molecule has 2 aromatic carbocycles. The van der Waals surface area contributed by atoms with E-state index in [1.165, 1.54) is 6.92 Å². The molecule has 3 rings (SSSR count). The molecule has 26 heavy (non-hydrogen) atoms. The van der Waals surface area contributed by atoms with Crippen LogP contribution in [0.15, 0.2) is 54.6 Å². The molecule has 0 spiro atoms. The van der Waals surface area contributed by atoms with Gasteiger partial charge in [-0.25, -0.2) is 4.98 Å². The molecule has 1 heterocycles. The molecule has 0 radical (unpaired) electrons. The molecular weight excluding hydrogens is 332 g/mol. The number of nitrogens with one attached hydrogen (secondary N) is 1. The molecule has 0 saturated heterocycles. The monoisotopic (exact) mass is 350 g/mol. The summed E-state index contributed by atoms with van der Waals surface area (Å²) in [6.45, 7) is 1.42. The van der Waals surface area contributed by atoms with Gasteiger partial charge in [-0.3, -0.25) is 9.59 Å². The van der Waals surface area contributed by atoms with Crippen molar-refractivity contribution in [3.63, 3.8) is 0 Å². The second-order valence-electron chi connectivity index (χ2n) is 5.83. The molecule has 3 aromatic rings. The fourth-order valence-corrected chi connectivity index (χ4v) is 2.61. The van der Waals surface area contributed by atoms with Crippen molar-refractivity contribution < 1.29 is 19.4 Å². The first-order chi connectivity index (χ1) is 12.5. The normalized spacial score (nSPS) is 11.8. The Bertz CT molecular complexity index is 967. The number of para-hydroxylation sites is 1. The molecular formula is C20H18N2O4. The zero-order valence-corrected chi connectivity index (χ0v) is 14.4. The molecule has 6 nitrogen and oxygen atoms in total. The molecule has 0 unspecified atom stereocenters. The minimum absolute atomic E-state index is 0.384. The van der Waals surface area contributed by atoms with Crippen LogP contribution in [0.5, 0.6) is 5.75 Å². The maximum atomic E-state index is 12.6. The Balaban J connectivity index is 2.08. The lowest BCUT2D eigenvalue weighted by Crippen LogP contribution is -2.38.